The molecular weight excluding hydrogens is 476 g/mol. The predicted octanol–water partition coefficient (Wildman–Crippen LogP) is 5.24. The van der Waals surface area contributed by atoms with E-state index in [-0.39, 0.29) is 42.6 Å². The molecule has 0 aliphatic carbocycles. The zero-order valence-corrected chi connectivity index (χ0v) is 20.3. The number of imidazole rings is 1. The Hall–Kier alpha value is -4.10. The van der Waals surface area contributed by atoms with Gasteiger partial charge in [-0.25, -0.2) is 9.78 Å². The van der Waals surface area contributed by atoms with E-state index < -0.39 is 6.09 Å². The molecule has 1 aromatic heterocycles. The lowest BCUT2D eigenvalue weighted by Crippen LogP contribution is -2.57. The van der Waals surface area contributed by atoms with E-state index in [1.165, 1.54) is 4.90 Å². The summed E-state index contributed by atoms with van der Waals surface area (Å²) in [6, 6.07) is 28.6. The molecule has 4 aromatic rings. The van der Waals surface area contributed by atoms with Crippen LogP contribution in [-0.2, 0) is 6.42 Å². The van der Waals surface area contributed by atoms with E-state index in [0.717, 1.165) is 16.8 Å². The second kappa shape index (κ2) is 10.3. The number of amides is 2. The van der Waals surface area contributed by atoms with Crippen LogP contribution in [-0.4, -0.2) is 62.1 Å². The van der Waals surface area contributed by atoms with Crippen LogP contribution in [0.25, 0.3) is 16.9 Å². The number of piperazine rings is 1. The number of hydrogen-bond donors (Lipinski definition) is 1. The molecule has 1 aliphatic rings. The van der Waals surface area contributed by atoms with Crippen molar-refractivity contribution in [3.05, 3.63) is 108 Å². The van der Waals surface area contributed by atoms with Crippen LogP contribution in [0.2, 0.25) is 5.28 Å². The number of carbonyl (C=O) groups excluding carboxylic acids is 1. The van der Waals surface area contributed by atoms with Crippen molar-refractivity contribution in [3.63, 3.8) is 0 Å². The Morgan fingerprint density at radius 1 is 0.889 bits per heavy atom. The van der Waals surface area contributed by atoms with Crippen LogP contribution >= 0.6 is 11.6 Å². The van der Waals surface area contributed by atoms with Crippen LogP contribution < -0.4 is 0 Å². The van der Waals surface area contributed by atoms with E-state index >= 15 is 0 Å². The molecule has 1 saturated heterocycles. The van der Waals surface area contributed by atoms with Gasteiger partial charge in [-0.15, -0.1) is 0 Å². The third-order valence-electron chi connectivity index (χ3n) is 6.43. The molecule has 2 heterocycles. The molecule has 1 aliphatic heterocycles. The van der Waals surface area contributed by atoms with Gasteiger partial charge in [-0.3, -0.25) is 9.36 Å². The Balaban J connectivity index is 1.58. The van der Waals surface area contributed by atoms with E-state index in [0.29, 0.717) is 12.1 Å². The summed E-state index contributed by atoms with van der Waals surface area (Å²) in [5.41, 5.74) is 3.49. The molecule has 8 heteroatoms. The number of nitrogens with zero attached hydrogens (tertiary/aromatic N) is 4. The molecule has 1 fully saturated rings. The summed E-state index contributed by atoms with van der Waals surface area (Å²) < 4.78 is 1.78. The highest BCUT2D eigenvalue weighted by Gasteiger charge is 2.36. The van der Waals surface area contributed by atoms with Gasteiger partial charge < -0.3 is 14.9 Å². The molecule has 0 radical (unpaired) electrons. The van der Waals surface area contributed by atoms with Crippen LogP contribution in [0.4, 0.5) is 4.79 Å². The molecule has 0 unspecified atom stereocenters. The SMILES string of the molecule is O=C(O)N1CCN(C(=O)c2nc(Cl)n(-c3ccccc3)c2-c2ccccc2)[C@H](Cc2ccccc2)C1. The van der Waals surface area contributed by atoms with E-state index in [1.54, 1.807) is 9.47 Å². The quantitative estimate of drug-likeness (QED) is 0.406. The van der Waals surface area contributed by atoms with Gasteiger partial charge >= 0.3 is 6.09 Å². The number of benzene rings is 3. The second-order valence-corrected chi connectivity index (χ2v) is 9.02. The molecule has 0 spiro atoms. The Bertz CT molecular complexity index is 1360. The first-order valence-corrected chi connectivity index (χ1v) is 12.1. The fraction of sp³-hybridized carbons (Fsp3) is 0.179. The van der Waals surface area contributed by atoms with Crippen LogP contribution in [0.3, 0.4) is 0 Å². The molecule has 0 saturated carbocycles. The number of hydrogen-bond acceptors (Lipinski definition) is 3. The Kier molecular flexibility index (Phi) is 6.73. The maximum Gasteiger partial charge on any atom is 0.407 e. The summed E-state index contributed by atoms with van der Waals surface area (Å²) in [6.45, 7) is 0.733. The van der Waals surface area contributed by atoms with E-state index in [2.05, 4.69) is 4.98 Å². The molecule has 1 atom stereocenters. The van der Waals surface area contributed by atoms with Gasteiger partial charge in [-0.1, -0.05) is 78.9 Å². The monoisotopic (exact) mass is 500 g/mol. The van der Waals surface area contributed by atoms with Crippen molar-refractivity contribution in [2.75, 3.05) is 19.6 Å². The summed E-state index contributed by atoms with van der Waals surface area (Å²) in [4.78, 5) is 33.5. The molecule has 7 nitrogen and oxygen atoms in total. The largest absolute Gasteiger partial charge is 0.465 e. The van der Waals surface area contributed by atoms with Gasteiger partial charge in [0.25, 0.3) is 5.91 Å². The van der Waals surface area contributed by atoms with Gasteiger partial charge in [0.1, 0.15) is 0 Å². The standard InChI is InChI=1S/C28H25ClN4O3/c29-27-30-24(25(21-12-6-2-7-13-21)33(27)22-14-8-3-9-15-22)26(34)32-17-16-31(28(35)36)19-23(32)18-20-10-4-1-5-11-20/h1-15,23H,16-19H2,(H,35,36)/t23-/m1/s1. The average molecular weight is 501 g/mol. The third kappa shape index (κ3) is 4.70. The van der Waals surface area contributed by atoms with E-state index in [4.69, 9.17) is 11.6 Å². The van der Waals surface area contributed by atoms with Gasteiger partial charge in [-0.2, -0.15) is 0 Å². The summed E-state index contributed by atoms with van der Waals surface area (Å²) >= 11 is 6.64. The maximum absolute atomic E-state index is 14.1. The number of rotatable bonds is 5. The first-order valence-electron chi connectivity index (χ1n) is 11.7. The molecule has 0 bridgehead atoms. The van der Waals surface area contributed by atoms with Gasteiger partial charge in [0.15, 0.2) is 5.69 Å². The van der Waals surface area contributed by atoms with Crippen LogP contribution in [0.15, 0.2) is 91.0 Å². The summed E-state index contributed by atoms with van der Waals surface area (Å²) in [6.07, 6.45) is -0.453. The Morgan fingerprint density at radius 2 is 1.50 bits per heavy atom. The Morgan fingerprint density at radius 3 is 2.14 bits per heavy atom. The lowest BCUT2D eigenvalue weighted by molar-refractivity contribution is 0.0447. The minimum atomic E-state index is -0.985. The zero-order valence-electron chi connectivity index (χ0n) is 19.5. The topological polar surface area (TPSA) is 78.7 Å². The number of para-hydroxylation sites is 1. The third-order valence-corrected chi connectivity index (χ3v) is 6.68. The van der Waals surface area contributed by atoms with Gasteiger partial charge in [0.2, 0.25) is 5.28 Å². The van der Waals surface area contributed by atoms with Gasteiger partial charge in [0.05, 0.1) is 11.7 Å². The number of carbonyl (C=O) groups is 2. The van der Waals surface area contributed by atoms with Crippen LogP contribution in [0, 0.1) is 0 Å². The molecule has 5 rings (SSSR count). The number of aromatic nitrogens is 2. The highest BCUT2D eigenvalue weighted by molar-refractivity contribution is 6.29. The number of halogens is 1. The highest BCUT2D eigenvalue weighted by Crippen LogP contribution is 2.32. The molecule has 2 amide bonds. The predicted molar refractivity (Wildman–Crippen MR) is 139 cm³/mol. The summed E-state index contributed by atoms with van der Waals surface area (Å²) in [7, 11) is 0. The zero-order chi connectivity index (χ0) is 25.1. The van der Waals surface area contributed by atoms with Crippen LogP contribution in [0.1, 0.15) is 16.1 Å². The molecule has 3 aromatic carbocycles. The first kappa shape index (κ1) is 23.6. The molecular formula is C28H25ClN4O3. The first-order chi connectivity index (χ1) is 17.5. The fourth-order valence-corrected chi connectivity index (χ4v) is 4.98. The molecule has 182 valence electrons. The fourth-order valence-electron chi connectivity index (χ4n) is 4.71. The molecule has 1 N–H and O–H groups in total. The lowest BCUT2D eigenvalue weighted by Gasteiger charge is -2.40. The average Bonchev–Trinajstić information content (AvgIpc) is 3.26. The van der Waals surface area contributed by atoms with Crippen molar-refractivity contribution < 1.29 is 14.7 Å². The van der Waals surface area contributed by atoms with Crippen LogP contribution in [0.5, 0.6) is 0 Å². The maximum atomic E-state index is 14.1. The van der Waals surface area contributed by atoms with Crippen molar-refractivity contribution in [1.82, 2.24) is 19.4 Å². The van der Waals surface area contributed by atoms with E-state index in [9.17, 15) is 14.7 Å². The van der Waals surface area contributed by atoms with Crippen molar-refractivity contribution in [3.8, 4) is 16.9 Å². The highest BCUT2D eigenvalue weighted by atomic mass is 35.5. The summed E-state index contributed by atoms with van der Waals surface area (Å²) in [5.74, 6) is -0.267. The van der Waals surface area contributed by atoms with Crippen molar-refractivity contribution in [2.45, 2.75) is 12.5 Å². The summed E-state index contributed by atoms with van der Waals surface area (Å²) in [5, 5.41) is 9.80. The second-order valence-electron chi connectivity index (χ2n) is 8.69. The number of carboxylic acid groups (broad SMARTS) is 1. The minimum absolute atomic E-state index is 0.187. The molecule has 36 heavy (non-hydrogen) atoms. The normalized spacial score (nSPS) is 15.6. The van der Waals surface area contributed by atoms with Crippen molar-refractivity contribution in [2.24, 2.45) is 0 Å². The van der Waals surface area contributed by atoms with Crippen molar-refractivity contribution in [1.29, 1.82) is 0 Å². The Labute approximate surface area is 214 Å². The van der Waals surface area contributed by atoms with E-state index in [1.807, 2.05) is 91.0 Å². The van der Waals surface area contributed by atoms with Gasteiger partial charge in [0, 0.05) is 30.9 Å². The smallest absolute Gasteiger partial charge is 0.407 e. The van der Waals surface area contributed by atoms with Crippen molar-refractivity contribution >= 4 is 23.6 Å². The minimum Gasteiger partial charge on any atom is -0.465 e. The lowest BCUT2D eigenvalue weighted by atomic mass is 10.0. The van der Waals surface area contributed by atoms with Gasteiger partial charge in [-0.05, 0) is 35.7 Å².